The van der Waals surface area contributed by atoms with Crippen molar-refractivity contribution >= 4 is 23.5 Å². The molecule has 0 unspecified atom stereocenters. The van der Waals surface area contributed by atoms with E-state index in [1.165, 1.54) is 0 Å². The number of carbonyl (C=O) groups is 1. The fourth-order valence-electron chi connectivity index (χ4n) is 2.73. The second-order valence-electron chi connectivity index (χ2n) is 6.38. The monoisotopic (exact) mass is 392 g/mol. The van der Waals surface area contributed by atoms with E-state index in [4.69, 9.17) is 11.6 Å². The molecule has 1 amide bonds. The maximum absolute atomic E-state index is 12.4. The number of aromatic amines is 1. The first-order chi connectivity index (χ1) is 13.6. The highest BCUT2D eigenvalue weighted by atomic mass is 35.5. The first kappa shape index (κ1) is 17.9. The van der Waals surface area contributed by atoms with Gasteiger partial charge in [-0.25, -0.2) is 9.67 Å². The van der Waals surface area contributed by atoms with Gasteiger partial charge in [-0.15, -0.1) is 5.10 Å². The van der Waals surface area contributed by atoms with E-state index in [-0.39, 0.29) is 11.9 Å². The number of H-pyrrole nitrogens is 1. The van der Waals surface area contributed by atoms with Crippen LogP contribution in [0, 0.1) is 6.92 Å². The Hall–Kier alpha value is -3.45. The summed E-state index contributed by atoms with van der Waals surface area (Å²) in [6.07, 6.45) is 1.56. The number of hydrogen-bond acceptors (Lipinski definition) is 4. The van der Waals surface area contributed by atoms with Gasteiger partial charge in [0.25, 0.3) is 5.91 Å². The minimum atomic E-state index is -0.355. The molecule has 2 heterocycles. The molecule has 140 valence electrons. The van der Waals surface area contributed by atoms with Gasteiger partial charge in [-0.1, -0.05) is 53.6 Å². The van der Waals surface area contributed by atoms with Crippen LogP contribution in [-0.2, 0) is 6.54 Å². The van der Waals surface area contributed by atoms with Crippen molar-refractivity contribution in [2.24, 2.45) is 0 Å². The van der Waals surface area contributed by atoms with E-state index < -0.39 is 0 Å². The second-order valence-corrected chi connectivity index (χ2v) is 6.82. The maximum Gasteiger partial charge on any atom is 0.276 e. The minimum Gasteiger partial charge on any atom is -0.288 e. The van der Waals surface area contributed by atoms with Crippen LogP contribution in [-0.4, -0.2) is 30.9 Å². The Bertz CT molecular complexity index is 1120. The summed E-state index contributed by atoms with van der Waals surface area (Å²) in [6, 6.07) is 17.1. The largest absolute Gasteiger partial charge is 0.288 e. The number of nitrogens with one attached hydrogen (secondary N) is 2. The lowest BCUT2D eigenvalue weighted by atomic mass is 10.1. The van der Waals surface area contributed by atoms with Gasteiger partial charge in [-0.2, -0.15) is 5.10 Å². The molecule has 4 rings (SSSR count). The number of rotatable bonds is 5. The molecule has 7 nitrogen and oxygen atoms in total. The summed E-state index contributed by atoms with van der Waals surface area (Å²) < 4.78 is 1.63. The number of hydrogen-bond donors (Lipinski definition) is 2. The van der Waals surface area contributed by atoms with Gasteiger partial charge in [0, 0.05) is 10.6 Å². The number of benzene rings is 2. The smallest absolute Gasteiger partial charge is 0.276 e. The number of carbonyl (C=O) groups excluding carboxylic acids is 1. The fourth-order valence-corrected chi connectivity index (χ4v) is 2.94. The van der Waals surface area contributed by atoms with E-state index in [2.05, 4.69) is 25.6 Å². The summed E-state index contributed by atoms with van der Waals surface area (Å²) in [5.74, 6) is -0.134. The van der Waals surface area contributed by atoms with E-state index in [0.717, 1.165) is 16.7 Å². The normalized spacial score (nSPS) is 10.8. The number of aryl methyl sites for hydroxylation is 1. The molecule has 0 fully saturated rings. The van der Waals surface area contributed by atoms with Crippen molar-refractivity contribution in [3.63, 3.8) is 0 Å². The lowest BCUT2D eigenvalue weighted by molar-refractivity contribution is 0.102. The molecule has 0 aliphatic rings. The third kappa shape index (κ3) is 4.10. The van der Waals surface area contributed by atoms with Gasteiger partial charge < -0.3 is 0 Å². The number of halogens is 1. The molecule has 0 saturated carbocycles. The van der Waals surface area contributed by atoms with Crippen LogP contribution in [0.3, 0.4) is 0 Å². The van der Waals surface area contributed by atoms with Crippen molar-refractivity contribution in [2.75, 3.05) is 5.32 Å². The molecule has 2 aromatic carbocycles. The molecule has 0 spiro atoms. The van der Waals surface area contributed by atoms with E-state index in [0.29, 0.717) is 23.0 Å². The molecule has 2 aromatic heterocycles. The molecule has 0 bridgehead atoms. The van der Waals surface area contributed by atoms with Crippen LogP contribution in [0.25, 0.3) is 11.3 Å². The summed E-state index contributed by atoms with van der Waals surface area (Å²) in [4.78, 5) is 16.6. The molecule has 28 heavy (non-hydrogen) atoms. The maximum atomic E-state index is 12.4. The van der Waals surface area contributed by atoms with Gasteiger partial charge >= 0.3 is 0 Å². The Kier molecular flexibility index (Phi) is 4.90. The van der Waals surface area contributed by atoms with Crippen molar-refractivity contribution in [3.8, 4) is 11.3 Å². The number of aromatic nitrogens is 5. The van der Waals surface area contributed by atoms with Gasteiger partial charge in [0.1, 0.15) is 12.0 Å². The molecule has 0 saturated heterocycles. The van der Waals surface area contributed by atoms with Crippen LogP contribution in [0.5, 0.6) is 0 Å². The zero-order valence-electron chi connectivity index (χ0n) is 15.1. The topological polar surface area (TPSA) is 88.5 Å². The molecular formula is C20H17ClN6O. The van der Waals surface area contributed by atoms with Gasteiger partial charge in [-0.05, 0) is 30.7 Å². The highest BCUT2D eigenvalue weighted by molar-refractivity contribution is 6.30. The van der Waals surface area contributed by atoms with Crippen molar-refractivity contribution in [3.05, 3.63) is 82.8 Å². The van der Waals surface area contributed by atoms with Crippen molar-refractivity contribution in [1.29, 1.82) is 0 Å². The Morgan fingerprint density at radius 2 is 2.00 bits per heavy atom. The first-order valence-electron chi connectivity index (χ1n) is 8.64. The van der Waals surface area contributed by atoms with Crippen molar-refractivity contribution in [2.45, 2.75) is 13.5 Å². The Morgan fingerprint density at radius 1 is 1.18 bits per heavy atom. The summed E-state index contributed by atoms with van der Waals surface area (Å²) >= 11 is 6.00. The molecule has 0 aliphatic heterocycles. The number of amides is 1. The Balaban J connectivity index is 1.43. The van der Waals surface area contributed by atoms with Crippen LogP contribution in [0.15, 0.2) is 60.9 Å². The first-order valence-corrected chi connectivity index (χ1v) is 9.02. The van der Waals surface area contributed by atoms with Crippen LogP contribution >= 0.6 is 11.6 Å². The quantitative estimate of drug-likeness (QED) is 0.538. The predicted molar refractivity (Wildman–Crippen MR) is 107 cm³/mol. The molecule has 8 heteroatoms. The molecule has 2 N–H and O–H groups in total. The second kappa shape index (κ2) is 7.66. The fraction of sp³-hybridized carbons (Fsp3) is 0.100. The molecule has 0 radical (unpaired) electrons. The van der Waals surface area contributed by atoms with E-state index in [1.54, 1.807) is 17.1 Å². The average Bonchev–Trinajstić information content (AvgIpc) is 3.32. The van der Waals surface area contributed by atoms with E-state index in [1.807, 2.05) is 55.5 Å². The van der Waals surface area contributed by atoms with Crippen molar-refractivity contribution < 1.29 is 4.79 Å². The number of nitrogens with zero attached hydrogens (tertiary/aromatic N) is 4. The van der Waals surface area contributed by atoms with E-state index >= 15 is 0 Å². The molecular weight excluding hydrogens is 376 g/mol. The third-order valence-electron chi connectivity index (χ3n) is 4.17. The Labute approximate surface area is 166 Å². The SMILES string of the molecule is Cc1ccc(-c2cc(C(=O)Nc3ncn(Cc4cccc(Cl)c4)n3)[nH]n2)cc1. The highest BCUT2D eigenvalue weighted by Gasteiger charge is 2.13. The molecule has 4 aromatic rings. The number of anilines is 1. The summed E-state index contributed by atoms with van der Waals surface area (Å²) in [7, 11) is 0. The van der Waals surface area contributed by atoms with Crippen LogP contribution in [0.2, 0.25) is 5.02 Å². The van der Waals surface area contributed by atoms with Gasteiger partial charge in [0.15, 0.2) is 0 Å². The van der Waals surface area contributed by atoms with Gasteiger partial charge in [0.2, 0.25) is 5.95 Å². The zero-order valence-corrected chi connectivity index (χ0v) is 15.8. The lowest BCUT2D eigenvalue weighted by Gasteiger charge is -2.01. The van der Waals surface area contributed by atoms with Gasteiger partial charge in [0.05, 0.1) is 12.2 Å². The lowest BCUT2D eigenvalue weighted by Crippen LogP contribution is -2.14. The van der Waals surface area contributed by atoms with E-state index in [9.17, 15) is 4.79 Å². The minimum absolute atomic E-state index is 0.221. The summed E-state index contributed by atoms with van der Waals surface area (Å²) in [5.41, 5.74) is 4.12. The predicted octanol–water partition coefficient (Wildman–Crippen LogP) is 3.93. The zero-order chi connectivity index (χ0) is 19.5. The van der Waals surface area contributed by atoms with Crippen LogP contribution in [0.4, 0.5) is 5.95 Å². The van der Waals surface area contributed by atoms with Crippen LogP contribution in [0.1, 0.15) is 21.6 Å². The van der Waals surface area contributed by atoms with Crippen LogP contribution < -0.4 is 5.32 Å². The molecule has 0 aliphatic carbocycles. The summed E-state index contributed by atoms with van der Waals surface area (Å²) in [5, 5.41) is 14.6. The van der Waals surface area contributed by atoms with Gasteiger partial charge in [-0.3, -0.25) is 15.2 Å². The summed E-state index contributed by atoms with van der Waals surface area (Å²) in [6.45, 7) is 2.52. The average molecular weight is 393 g/mol. The third-order valence-corrected chi connectivity index (χ3v) is 4.40. The highest BCUT2D eigenvalue weighted by Crippen LogP contribution is 2.18. The van der Waals surface area contributed by atoms with Crippen molar-refractivity contribution in [1.82, 2.24) is 25.0 Å². The Morgan fingerprint density at radius 3 is 2.79 bits per heavy atom. The standard InChI is InChI=1S/C20H17ClN6O/c1-13-5-7-15(8-6-13)17-10-18(25-24-17)19(28)23-20-22-12-27(26-20)11-14-3-2-4-16(21)9-14/h2-10,12H,11H2,1H3,(H,24,25)(H,23,26,28). The molecule has 0 atom stereocenters.